The van der Waals surface area contributed by atoms with Crippen LogP contribution >= 0.6 is 11.3 Å². The lowest BCUT2D eigenvalue weighted by molar-refractivity contribution is -0.136. The number of hydrogen-bond donors (Lipinski definition) is 0. The first-order chi connectivity index (χ1) is 10.8. The second kappa shape index (κ2) is 5.11. The summed E-state index contributed by atoms with van der Waals surface area (Å²) in [6.45, 7) is 0. The number of esters is 1. The SMILES string of the molecule is COC(=O)C1=C(c2ccccc2)c2sc3ccccc3c2C1. The van der Waals surface area contributed by atoms with Crippen molar-refractivity contribution in [1.29, 1.82) is 0 Å². The van der Waals surface area contributed by atoms with Crippen molar-refractivity contribution in [2.45, 2.75) is 6.42 Å². The van der Waals surface area contributed by atoms with Gasteiger partial charge in [0.05, 0.1) is 12.7 Å². The summed E-state index contributed by atoms with van der Waals surface area (Å²) in [6, 6.07) is 18.5. The van der Waals surface area contributed by atoms with Crippen molar-refractivity contribution in [3.8, 4) is 0 Å². The maximum Gasteiger partial charge on any atom is 0.334 e. The molecule has 0 N–H and O–H groups in total. The van der Waals surface area contributed by atoms with Gasteiger partial charge in [0.15, 0.2) is 0 Å². The Balaban J connectivity index is 1.99. The monoisotopic (exact) mass is 306 g/mol. The molecule has 3 aromatic rings. The molecule has 0 radical (unpaired) electrons. The van der Waals surface area contributed by atoms with Crippen LogP contribution in [0.4, 0.5) is 0 Å². The minimum absolute atomic E-state index is 0.230. The van der Waals surface area contributed by atoms with Gasteiger partial charge >= 0.3 is 5.97 Å². The van der Waals surface area contributed by atoms with Crippen LogP contribution in [0.5, 0.6) is 0 Å². The van der Waals surface area contributed by atoms with Crippen molar-refractivity contribution < 1.29 is 9.53 Å². The molecule has 108 valence electrons. The first kappa shape index (κ1) is 13.3. The maximum absolute atomic E-state index is 12.2. The summed E-state index contributed by atoms with van der Waals surface area (Å²) in [6.07, 6.45) is 0.649. The molecule has 22 heavy (non-hydrogen) atoms. The lowest BCUT2D eigenvalue weighted by atomic mass is 10.0. The van der Waals surface area contributed by atoms with Crippen LogP contribution in [0, 0.1) is 0 Å². The topological polar surface area (TPSA) is 26.3 Å². The van der Waals surface area contributed by atoms with E-state index in [1.54, 1.807) is 11.3 Å². The lowest BCUT2D eigenvalue weighted by Crippen LogP contribution is -2.06. The van der Waals surface area contributed by atoms with Crippen LogP contribution in [0.3, 0.4) is 0 Å². The van der Waals surface area contributed by atoms with E-state index in [1.807, 2.05) is 24.3 Å². The predicted octanol–water partition coefficient (Wildman–Crippen LogP) is 4.43. The Bertz CT molecular complexity index is 904. The summed E-state index contributed by atoms with van der Waals surface area (Å²) in [4.78, 5) is 13.4. The van der Waals surface area contributed by atoms with Crippen LogP contribution in [0.2, 0.25) is 0 Å². The van der Waals surface area contributed by atoms with Gasteiger partial charge in [-0.25, -0.2) is 4.79 Å². The molecular weight excluding hydrogens is 292 g/mol. The molecule has 4 rings (SSSR count). The molecule has 1 heterocycles. The zero-order chi connectivity index (χ0) is 15.1. The summed E-state index contributed by atoms with van der Waals surface area (Å²) in [5.41, 5.74) is 4.12. The highest BCUT2D eigenvalue weighted by atomic mass is 32.1. The summed E-state index contributed by atoms with van der Waals surface area (Å²) in [7, 11) is 1.45. The quantitative estimate of drug-likeness (QED) is 0.655. The van der Waals surface area contributed by atoms with Gasteiger partial charge in [-0.05, 0) is 22.6 Å². The first-order valence-electron chi connectivity index (χ1n) is 7.17. The van der Waals surface area contributed by atoms with E-state index < -0.39 is 0 Å². The summed E-state index contributed by atoms with van der Waals surface area (Å²) >= 11 is 1.76. The third-order valence-electron chi connectivity index (χ3n) is 4.07. The van der Waals surface area contributed by atoms with E-state index in [9.17, 15) is 4.79 Å². The van der Waals surface area contributed by atoms with Gasteiger partial charge in [0.2, 0.25) is 0 Å². The molecule has 1 aliphatic rings. The highest BCUT2D eigenvalue weighted by Gasteiger charge is 2.30. The second-order valence-corrected chi connectivity index (χ2v) is 6.35. The van der Waals surface area contributed by atoms with Crippen LogP contribution in [0.15, 0.2) is 60.2 Å². The van der Waals surface area contributed by atoms with Gasteiger partial charge in [-0.3, -0.25) is 0 Å². The van der Waals surface area contributed by atoms with E-state index in [-0.39, 0.29) is 5.97 Å². The molecular formula is C19H14O2S. The molecule has 0 bridgehead atoms. The minimum atomic E-state index is -0.230. The van der Waals surface area contributed by atoms with Gasteiger partial charge in [-0.15, -0.1) is 11.3 Å². The normalized spacial score (nSPS) is 13.5. The molecule has 0 amide bonds. The van der Waals surface area contributed by atoms with Gasteiger partial charge < -0.3 is 4.74 Å². The number of rotatable bonds is 2. The molecule has 1 aromatic heterocycles. The number of hydrogen-bond acceptors (Lipinski definition) is 3. The molecule has 0 saturated heterocycles. The van der Waals surface area contributed by atoms with Crippen LogP contribution in [0.25, 0.3) is 15.7 Å². The van der Waals surface area contributed by atoms with Crippen LogP contribution < -0.4 is 0 Å². The predicted molar refractivity (Wildman–Crippen MR) is 90.0 cm³/mol. The molecule has 0 aliphatic heterocycles. The van der Waals surface area contributed by atoms with Gasteiger partial charge in [-0.2, -0.15) is 0 Å². The summed E-state index contributed by atoms with van der Waals surface area (Å²) in [5.74, 6) is -0.230. The van der Waals surface area contributed by atoms with Crippen LogP contribution in [-0.4, -0.2) is 13.1 Å². The Morgan fingerprint density at radius 3 is 2.55 bits per heavy atom. The van der Waals surface area contributed by atoms with E-state index in [2.05, 4.69) is 30.3 Å². The zero-order valence-electron chi connectivity index (χ0n) is 12.1. The zero-order valence-corrected chi connectivity index (χ0v) is 12.9. The highest BCUT2D eigenvalue weighted by molar-refractivity contribution is 7.20. The van der Waals surface area contributed by atoms with E-state index in [0.29, 0.717) is 6.42 Å². The molecule has 0 unspecified atom stereocenters. The minimum Gasteiger partial charge on any atom is -0.466 e. The van der Waals surface area contributed by atoms with E-state index in [4.69, 9.17) is 4.74 Å². The summed E-state index contributed by atoms with van der Waals surface area (Å²) < 4.78 is 6.27. The summed E-state index contributed by atoms with van der Waals surface area (Å²) in [5, 5.41) is 1.25. The van der Waals surface area contributed by atoms with Gasteiger partial charge in [0.25, 0.3) is 0 Å². The second-order valence-electron chi connectivity index (χ2n) is 5.29. The lowest BCUT2D eigenvalue weighted by Gasteiger charge is -2.06. The van der Waals surface area contributed by atoms with E-state index in [0.717, 1.165) is 16.7 Å². The van der Waals surface area contributed by atoms with Crippen LogP contribution in [0.1, 0.15) is 16.0 Å². The van der Waals surface area contributed by atoms with Crippen molar-refractivity contribution in [2.75, 3.05) is 7.11 Å². The molecule has 2 nitrogen and oxygen atoms in total. The Kier molecular flexibility index (Phi) is 3.09. The van der Waals surface area contributed by atoms with E-state index in [1.165, 1.54) is 27.6 Å². The number of fused-ring (bicyclic) bond motifs is 3. The number of ether oxygens (including phenoxy) is 1. The molecule has 1 aliphatic carbocycles. The van der Waals surface area contributed by atoms with Crippen molar-refractivity contribution in [1.82, 2.24) is 0 Å². The van der Waals surface area contributed by atoms with Crippen LogP contribution in [-0.2, 0) is 16.0 Å². The highest BCUT2D eigenvalue weighted by Crippen LogP contribution is 2.46. The van der Waals surface area contributed by atoms with E-state index >= 15 is 0 Å². The number of methoxy groups -OCH3 is 1. The largest absolute Gasteiger partial charge is 0.466 e. The fraction of sp³-hybridized carbons (Fsp3) is 0.105. The average molecular weight is 306 g/mol. The van der Waals surface area contributed by atoms with Crippen molar-refractivity contribution in [3.05, 3.63) is 76.2 Å². The van der Waals surface area contributed by atoms with Gasteiger partial charge in [0, 0.05) is 21.6 Å². The molecule has 0 atom stereocenters. The fourth-order valence-electron chi connectivity index (χ4n) is 3.09. The molecule has 0 fully saturated rings. The third-order valence-corrected chi connectivity index (χ3v) is 5.31. The third kappa shape index (κ3) is 1.90. The fourth-order valence-corrected chi connectivity index (χ4v) is 4.40. The van der Waals surface area contributed by atoms with Crippen molar-refractivity contribution in [2.24, 2.45) is 0 Å². The number of thiophene rings is 1. The number of carbonyl (C=O) groups is 1. The Hall–Kier alpha value is -2.39. The molecule has 0 spiro atoms. The first-order valence-corrected chi connectivity index (χ1v) is 7.99. The molecule has 0 saturated carbocycles. The Labute approximate surface area is 132 Å². The smallest absolute Gasteiger partial charge is 0.334 e. The van der Waals surface area contributed by atoms with Crippen molar-refractivity contribution in [3.63, 3.8) is 0 Å². The standard InChI is InChI=1S/C19H14O2S/c1-21-19(20)15-11-14-13-9-5-6-10-16(13)22-18(14)17(15)12-7-3-2-4-8-12/h2-10H,11H2,1H3. The van der Waals surface area contributed by atoms with Gasteiger partial charge in [-0.1, -0.05) is 48.5 Å². The Morgan fingerprint density at radius 2 is 1.77 bits per heavy atom. The Morgan fingerprint density at radius 1 is 1.05 bits per heavy atom. The number of benzene rings is 2. The molecule has 3 heteroatoms. The number of carbonyl (C=O) groups excluding carboxylic acids is 1. The average Bonchev–Trinajstić information content (AvgIpc) is 3.10. The van der Waals surface area contributed by atoms with Gasteiger partial charge in [0.1, 0.15) is 0 Å². The molecule has 2 aromatic carbocycles. The maximum atomic E-state index is 12.2. The van der Waals surface area contributed by atoms with Crippen molar-refractivity contribution >= 4 is 33.0 Å².